The molecule has 0 radical (unpaired) electrons. The average Bonchev–Trinajstić information content (AvgIpc) is 3.44. The number of piperazine rings is 1. The van der Waals surface area contributed by atoms with Crippen LogP contribution < -0.4 is 9.80 Å². The molecule has 0 aromatic heterocycles. The number of hydrogen-bond acceptors (Lipinski definition) is 5. The van der Waals surface area contributed by atoms with Crippen molar-refractivity contribution in [1.29, 1.82) is 0 Å². The van der Waals surface area contributed by atoms with Gasteiger partial charge in [-0.1, -0.05) is 36.4 Å². The summed E-state index contributed by atoms with van der Waals surface area (Å²) in [6, 6.07) is 15.3. The van der Waals surface area contributed by atoms with Crippen LogP contribution in [0.25, 0.3) is 0 Å². The third kappa shape index (κ3) is 3.41. The van der Waals surface area contributed by atoms with E-state index in [1.165, 1.54) is 16.7 Å². The van der Waals surface area contributed by atoms with Gasteiger partial charge in [-0.25, -0.2) is 0 Å². The van der Waals surface area contributed by atoms with Crippen LogP contribution in [0.1, 0.15) is 36.0 Å². The first-order valence-electron chi connectivity index (χ1n) is 12.0. The molecule has 6 rings (SSSR count). The van der Waals surface area contributed by atoms with Crippen LogP contribution in [0.5, 0.6) is 0 Å². The largest absolute Gasteiger partial charge is 0.374 e. The van der Waals surface area contributed by atoms with Gasteiger partial charge in [-0.3, -0.25) is 14.6 Å². The smallest absolute Gasteiger partial charge is 0.241 e. The predicted molar refractivity (Wildman–Crippen MR) is 126 cm³/mol. The fourth-order valence-corrected chi connectivity index (χ4v) is 6.15. The third-order valence-electron chi connectivity index (χ3n) is 7.81. The van der Waals surface area contributed by atoms with Crippen LogP contribution in [0.3, 0.4) is 0 Å². The van der Waals surface area contributed by atoms with Gasteiger partial charge >= 0.3 is 0 Å². The zero-order chi connectivity index (χ0) is 21.8. The Bertz CT molecular complexity index is 1020. The Morgan fingerprint density at radius 1 is 1.03 bits per heavy atom. The molecule has 1 N–H and O–H groups in total. The van der Waals surface area contributed by atoms with Crippen molar-refractivity contribution in [1.82, 2.24) is 9.80 Å². The SMILES string of the molecule is CC1Cc2cc3c(cc2N1C(=O)CN1CCN(Cc2ccccc2)CC1)N1CC3CC1O. The van der Waals surface area contributed by atoms with Gasteiger partial charge < -0.3 is 14.9 Å². The van der Waals surface area contributed by atoms with Crippen LogP contribution in [0.4, 0.5) is 11.4 Å². The van der Waals surface area contributed by atoms with E-state index >= 15 is 0 Å². The summed E-state index contributed by atoms with van der Waals surface area (Å²) < 4.78 is 0. The summed E-state index contributed by atoms with van der Waals surface area (Å²) in [5.41, 5.74) is 6.20. The summed E-state index contributed by atoms with van der Waals surface area (Å²) in [5, 5.41) is 10.3. The Morgan fingerprint density at radius 2 is 1.78 bits per heavy atom. The molecule has 2 saturated heterocycles. The molecule has 0 spiro atoms. The van der Waals surface area contributed by atoms with Crippen LogP contribution in [0.2, 0.25) is 0 Å². The number of anilines is 2. The molecule has 168 valence electrons. The quantitative estimate of drug-likeness (QED) is 0.804. The molecule has 2 bridgehead atoms. The molecule has 4 aliphatic rings. The van der Waals surface area contributed by atoms with Gasteiger partial charge in [0.15, 0.2) is 0 Å². The zero-order valence-corrected chi connectivity index (χ0v) is 18.8. The lowest BCUT2D eigenvalue weighted by molar-refractivity contribution is -0.120. The summed E-state index contributed by atoms with van der Waals surface area (Å²) >= 11 is 0. The number of rotatable bonds is 4. The number of aliphatic hydroxyl groups excluding tert-OH is 1. The van der Waals surface area contributed by atoms with Gasteiger partial charge in [-0.05, 0) is 36.1 Å². The molecule has 2 aromatic rings. The maximum absolute atomic E-state index is 13.4. The third-order valence-corrected chi connectivity index (χ3v) is 7.81. The first-order chi connectivity index (χ1) is 15.6. The van der Waals surface area contributed by atoms with Gasteiger partial charge in [-0.2, -0.15) is 0 Å². The number of aliphatic hydroxyl groups is 1. The number of nitrogens with zero attached hydrogens (tertiary/aromatic N) is 4. The molecule has 1 amide bonds. The monoisotopic (exact) mass is 432 g/mol. The minimum atomic E-state index is -0.374. The standard InChI is InChI=1S/C26H32N4O2/c1-18-11-20-12-22-21-13-25(31)29(16-21)24(22)14-23(20)30(18)26(32)17-28-9-7-27(8-10-28)15-19-5-3-2-4-6-19/h2-6,12,14,18,21,25,31H,7-11,13,15-17H2,1H3. The number of amides is 1. The molecule has 4 heterocycles. The van der Waals surface area contributed by atoms with E-state index in [1.54, 1.807) is 0 Å². The zero-order valence-electron chi connectivity index (χ0n) is 18.8. The lowest BCUT2D eigenvalue weighted by atomic mass is 9.94. The summed E-state index contributed by atoms with van der Waals surface area (Å²) in [6.45, 7) is 8.38. The molecule has 0 aliphatic carbocycles. The highest BCUT2D eigenvalue weighted by molar-refractivity contribution is 5.98. The molecule has 2 aromatic carbocycles. The molecular formula is C26H32N4O2. The number of benzene rings is 2. The van der Waals surface area contributed by atoms with Crippen molar-refractivity contribution in [2.24, 2.45) is 0 Å². The van der Waals surface area contributed by atoms with E-state index in [4.69, 9.17) is 0 Å². The molecule has 3 unspecified atom stereocenters. The Labute approximate surface area is 190 Å². The lowest BCUT2D eigenvalue weighted by Gasteiger charge is -2.35. The minimum Gasteiger partial charge on any atom is -0.374 e. The van der Waals surface area contributed by atoms with E-state index in [-0.39, 0.29) is 18.2 Å². The van der Waals surface area contributed by atoms with Gasteiger partial charge in [0.2, 0.25) is 5.91 Å². The molecule has 2 fully saturated rings. The van der Waals surface area contributed by atoms with Crippen molar-refractivity contribution in [2.45, 2.75) is 44.5 Å². The van der Waals surface area contributed by atoms with Crippen LogP contribution in [-0.2, 0) is 17.8 Å². The first kappa shape index (κ1) is 20.2. The Balaban J connectivity index is 1.11. The van der Waals surface area contributed by atoms with Crippen molar-refractivity contribution in [3.63, 3.8) is 0 Å². The van der Waals surface area contributed by atoms with E-state index in [0.29, 0.717) is 12.5 Å². The van der Waals surface area contributed by atoms with Crippen LogP contribution >= 0.6 is 0 Å². The van der Waals surface area contributed by atoms with Crippen LogP contribution in [-0.4, -0.2) is 72.4 Å². The highest BCUT2D eigenvalue weighted by Gasteiger charge is 2.43. The van der Waals surface area contributed by atoms with Crippen molar-refractivity contribution < 1.29 is 9.90 Å². The maximum atomic E-state index is 13.4. The number of fused-ring (bicyclic) bond motifs is 6. The number of carbonyl (C=O) groups is 1. The highest BCUT2D eigenvalue weighted by Crippen LogP contribution is 2.50. The Kier molecular flexibility index (Phi) is 4.97. The van der Waals surface area contributed by atoms with Gasteiger partial charge in [0.25, 0.3) is 0 Å². The second-order valence-corrected chi connectivity index (χ2v) is 9.96. The molecule has 6 heteroatoms. The number of hydrogen-bond donors (Lipinski definition) is 1. The maximum Gasteiger partial charge on any atom is 0.241 e. The van der Waals surface area contributed by atoms with Crippen molar-refractivity contribution in [3.05, 3.63) is 59.2 Å². The van der Waals surface area contributed by atoms with Crippen molar-refractivity contribution >= 4 is 17.3 Å². The molecule has 0 saturated carbocycles. The Morgan fingerprint density at radius 3 is 2.56 bits per heavy atom. The van der Waals surface area contributed by atoms with E-state index in [9.17, 15) is 9.90 Å². The van der Waals surface area contributed by atoms with Gasteiger partial charge in [0.05, 0.1) is 6.54 Å². The number of carbonyl (C=O) groups excluding carboxylic acids is 1. The van der Waals surface area contributed by atoms with Crippen LogP contribution in [0.15, 0.2) is 42.5 Å². The second kappa shape index (κ2) is 7.87. The lowest BCUT2D eigenvalue weighted by Crippen LogP contribution is -2.50. The van der Waals surface area contributed by atoms with Crippen molar-refractivity contribution in [2.75, 3.05) is 49.1 Å². The molecule has 6 nitrogen and oxygen atoms in total. The second-order valence-electron chi connectivity index (χ2n) is 9.96. The predicted octanol–water partition coefficient (Wildman–Crippen LogP) is 2.41. The van der Waals surface area contributed by atoms with E-state index in [0.717, 1.165) is 63.5 Å². The first-order valence-corrected chi connectivity index (χ1v) is 12.0. The molecule has 4 aliphatic heterocycles. The minimum absolute atomic E-state index is 0.192. The van der Waals surface area contributed by atoms with Gasteiger partial charge in [-0.15, -0.1) is 0 Å². The van der Waals surface area contributed by atoms with Crippen LogP contribution in [0, 0.1) is 0 Å². The summed E-state index contributed by atoms with van der Waals surface area (Å²) in [6.07, 6.45) is 1.38. The summed E-state index contributed by atoms with van der Waals surface area (Å²) in [7, 11) is 0. The summed E-state index contributed by atoms with van der Waals surface area (Å²) in [5.74, 6) is 0.643. The fraction of sp³-hybridized carbons (Fsp3) is 0.500. The Hall–Kier alpha value is -2.41. The highest BCUT2D eigenvalue weighted by atomic mass is 16.3. The average molecular weight is 433 g/mol. The topological polar surface area (TPSA) is 50.3 Å². The fourth-order valence-electron chi connectivity index (χ4n) is 6.15. The normalized spacial score (nSPS) is 27.1. The van der Waals surface area contributed by atoms with E-state index < -0.39 is 0 Å². The van der Waals surface area contributed by atoms with Gasteiger partial charge in [0.1, 0.15) is 6.23 Å². The van der Waals surface area contributed by atoms with Gasteiger partial charge in [0, 0.05) is 69.0 Å². The molecular weight excluding hydrogens is 400 g/mol. The molecule has 3 atom stereocenters. The summed E-state index contributed by atoms with van der Waals surface area (Å²) in [4.78, 5) is 22.3. The van der Waals surface area contributed by atoms with E-state index in [2.05, 4.69) is 64.1 Å². The van der Waals surface area contributed by atoms with E-state index in [1.807, 2.05) is 4.90 Å². The molecule has 32 heavy (non-hydrogen) atoms. The van der Waals surface area contributed by atoms with Crippen molar-refractivity contribution in [3.8, 4) is 0 Å².